The molecule has 0 bridgehead atoms. The lowest BCUT2D eigenvalue weighted by molar-refractivity contribution is -0.125. The zero-order valence-corrected chi connectivity index (χ0v) is 16.7. The van der Waals surface area contributed by atoms with Crippen LogP contribution in [0.15, 0.2) is 66.7 Å². The van der Waals surface area contributed by atoms with Crippen molar-refractivity contribution in [3.8, 4) is 0 Å². The van der Waals surface area contributed by atoms with E-state index in [2.05, 4.69) is 5.32 Å². The van der Waals surface area contributed by atoms with Crippen molar-refractivity contribution in [3.05, 3.63) is 99.8 Å². The Hall–Kier alpha value is -3.18. The molecule has 1 N–H and O–H groups in total. The minimum absolute atomic E-state index is 0.189. The Morgan fingerprint density at radius 3 is 2.45 bits per heavy atom. The molecule has 0 heterocycles. The van der Waals surface area contributed by atoms with Crippen molar-refractivity contribution in [2.45, 2.75) is 20.0 Å². The van der Waals surface area contributed by atoms with Gasteiger partial charge in [-0.05, 0) is 49.2 Å². The zero-order valence-electron chi connectivity index (χ0n) is 15.9. The Kier molecular flexibility index (Phi) is 6.29. The molecule has 3 aromatic carbocycles. The number of anilines is 1. The molecule has 4 nitrogen and oxygen atoms in total. The van der Waals surface area contributed by atoms with Crippen LogP contribution >= 0.6 is 11.6 Å². The first-order valence-corrected chi connectivity index (χ1v) is 9.32. The summed E-state index contributed by atoms with van der Waals surface area (Å²) in [4.78, 5) is 25.6. The molecule has 0 spiro atoms. The summed E-state index contributed by atoms with van der Waals surface area (Å²) in [6.07, 6.45) is -1.26. The first-order chi connectivity index (χ1) is 13.8. The number of carbonyl (C=O) groups is 2. The van der Waals surface area contributed by atoms with Crippen LogP contribution in [-0.4, -0.2) is 11.9 Å². The van der Waals surface area contributed by atoms with E-state index in [-0.39, 0.29) is 10.6 Å². The molecule has 0 fully saturated rings. The van der Waals surface area contributed by atoms with Crippen molar-refractivity contribution in [2.75, 3.05) is 5.32 Å². The zero-order chi connectivity index (χ0) is 21.0. The Bertz CT molecular complexity index is 1050. The second-order valence-corrected chi connectivity index (χ2v) is 7.06. The van der Waals surface area contributed by atoms with Gasteiger partial charge in [0.05, 0.1) is 5.56 Å². The molecule has 0 radical (unpaired) electrons. The van der Waals surface area contributed by atoms with Crippen molar-refractivity contribution < 1.29 is 18.7 Å². The van der Waals surface area contributed by atoms with Crippen LogP contribution < -0.4 is 5.32 Å². The highest BCUT2D eigenvalue weighted by Gasteiger charge is 2.27. The minimum Gasteiger partial charge on any atom is -0.444 e. The molecule has 3 aromatic rings. The molecule has 0 aromatic heterocycles. The molecule has 148 valence electrons. The second-order valence-electron chi connectivity index (χ2n) is 6.63. The highest BCUT2D eigenvalue weighted by molar-refractivity contribution is 6.30. The summed E-state index contributed by atoms with van der Waals surface area (Å²) in [5, 5.41) is 2.99. The normalized spacial score (nSPS) is 11.6. The fourth-order valence-corrected chi connectivity index (χ4v) is 2.97. The molecular weight excluding hydrogens is 393 g/mol. The Morgan fingerprint density at radius 2 is 1.72 bits per heavy atom. The summed E-state index contributed by atoms with van der Waals surface area (Å²) in [5.41, 5.74) is 2.58. The third-order valence-electron chi connectivity index (χ3n) is 4.36. The average molecular weight is 412 g/mol. The molecule has 1 amide bonds. The van der Waals surface area contributed by atoms with Gasteiger partial charge in [-0.25, -0.2) is 9.18 Å². The fraction of sp³-hybridized carbons (Fsp3) is 0.130. The minimum atomic E-state index is -1.26. The van der Waals surface area contributed by atoms with Crippen LogP contribution in [0.3, 0.4) is 0 Å². The van der Waals surface area contributed by atoms with E-state index < -0.39 is 23.8 Å². The predicted octanol–water partition coefficient (Wildman–Crippen LogP) is 5.63. The van der Waals surface area contributed by atoms with Crippen LogP contribution in [0.2, 0.25) is 5.02 Å². The average Bonchev–Trinajstić information content (AvgIpc) is 2.71. The van der Waals surface area contributed by atoms with Crippen molar-refractivity contribution >= 4 is 29.2 Å². The van der Waals surface area contributed by atoms with Gasteiger partial charge in [0.1, 0.15) is 5.82 Å². The lowest BCUT2D eigenvalue weighted by atomic mass is 10.1. The maximum atomic E-state index is 14.1. The monoisotopic (exact) mass is 411 g/mol. The van der Waals surface area contributed by atoms with Gasteiger partial charge in [-0.1, -0.05) is 54.1 Å². The van der Waals surface area contributed by atoms with E-state index in [1.54, 1.807) is 30.3 Å². The first-order valence-electron chi connectivity index (χ1n) is 8.94. The van der Waals surface area contributed by atoms with Crippen molar-refractivity contribution in [1.82, 2.24) is 0 Å². The van der Waals surface area contributed by atoms with Gasteiger partial charge in [-0.3, -0.25) is 4.79 Å². The largest absolute Gasteiger partial charge is 0.444 e. The molecular formula is C23H19ClFNO3. The van der Waals surface area contributed by atoms with E-state index in [0.29, 0.717) is 11.3 Å². The summed E-state index contributed by atoms with van der Waals surface area (Å²) in [7, 11) is 0. The quantitative estimate of drug-likeness (QED) is 0.553. The van der Waals surface area contributed by atoms with Crippen molar-refractivity contribution in [3.63, 3.8) is 0 Å². The van der Waals surface area contributed by atoms with Gasteiger partial charge in [-0.15, -0.1) is 0 Å². The number of aryl methyl sites for hydroxylation is 2. The molecule has 0 aliphatic rings. The number of nitrogens with one attached hydrogen (secondary N) is 1. The maximum absolute atomic E-state index is 14.1. The van der Waals surface area contributed by atoms with Gasteiger partial charge in [-0.2, -0.15) is 0 Å². The van der Waals surface area contributed by atoms with E-state index in [9.17, 15) is 14.0 Å². The summed E-state index contributed by atoms with van der Waals surface area (Å²) in [6.45, 7) is 3.77. The van der Waals surface area contributed by atoms with Crippen LogP contribution in [0.1, 0.15) is 33.2 Å². The standard InChI is InChI=1S/C23H19ClFNO3/c1-14-8-9-15(2)20(12-14)26-22(27)21(16-6-4-3-5-7-16)29-23(28)18-13-17(24)10-11-19(18)25/h3-13,21H,1-2H3,(H,26,27). The van der Waals surface area contributed by atoms with Crippen molar-refractivity contribution in [2.24, 2.45) is 0 Å². The molecule has 0 saturated heterocycles. The summed E-state index contributed by atoms with van der Waals surface area (Å²) < 4.78 is 19.5. The lowest BCUT2D eigenvalue weighted by Gasteiger charge is -2.19. The number of halogens is 2. The van der Waals surface area contributed by atoms with Gasteiger partial charge in [0.15, 0.2) is 0 Å². The van der Waals surface area contributed by atoms with E-state index in [1.807, 2.05) is 32.0 Å². The van der Waals surface area contributed by atoms with E-state index in [1.165, 1.54) is 12.1 Å². The van der Waals surface area contributed by atoms with E-state index in [0.717, 1.165) is 17.2 Å². The van der Waals surface area contributed by atoms with Crippen LogP contribution in [0.4, 0.5) is 10.1 Å². The molecule has 0 aliphatic carbocycles. The van der Waals surface area contributed by atoms with Gasteiger partial charge < -0.3 is 10.1 Å². The Labute approximate surface area is 173 Å². The maximum Gasteiger partial charge on any atom is 0.342 e. The van der Waals surface area contributed by atoms with E-state index >= 15 is 0 Å². The number of carbonyl (C=O) groups excluding carboxylic acids is 2. The number of ether oxygens (including phenoxy) is 1. The third-order valence-corrected chi connectivity index (χ3v) is 4.60. The summed E-state index contributed by atoms with van der Waals surface area (Å²) in [6, 6.07) is 17.8. The van der Waals surface area contributed by atoms with Crippen LogP contribution in [0, 0.1) is 19.7 Å². The summed E-state index contributed by atoms with van der Waals surface area (Å²) in [5.74, 6) is -2.29. The SMILES string of the molecule is Cc1ccc(C)c(NC(=O)C(OC(=O)c2cc(Cl)ccc2F)c2ccccc2)c1. The number of benzene rings is 3. The number of hydrogen-bond acceptors (Lipinski definition) is 3. The predicted molar refractivity (Wildman–Crippen MR) is 111 cm³/mol. The van der Waals surface area contributed by atoms with Crippen LogP contribution in [-0.2, 0) is 9.53 Å². The topological polar surface area (TPSA) is 55.4 Å². The molecule has 0 saturated carbocycles. The van der Waals surface area contributed by atoms with Gasteiger partial charge in [0.25, 0.3) is 5.91 Å². The van der Waals surface area contributed by atoms with Crippen LogP contribution in [0.5, 0.6) is 0 Å². The molecule has 1 unspecified atom stereocenters. The number of rotatable bonds is 5. The summed E-state index contributed by atoms with van der Waals surface area (Å²) >= 11 is 5.86. The van der Waals surface area contributed by atoms with Gasteiger partial charge >= 0.3 is 5.97 Å². The fourth-order valence-electron chi connectivity index (χ4n) is 2.79. The highest BCUT2D eigenvalue weighted by atomic mass is 35.5. The molecule has 0 aliphatic heterocycles. The van der Waals surface area contributed by atoms with Gasteiger partial charge in [0.2, 0.25) is 6.10 Å². The highest BCUT2D eigenvalue weighted by Crippen LogP contribution is 2.25. The van der Waals surface area contributed by atoms with Crippen molar-refractivity contribution in [1.29, 1.82) is 0 Å². The van der Waals surface area contributed by atoms with Gasteiger partial charge in [0, 0.05) is 16.3 Å². The first kappa shape index (κ1) is 20.6. The molecule has 1 atom stereocenters. The smallest absolute Gasteiger partial charge is 0.342 e. The van der Waals surface area contributed by atoms with Crippen LogP contribution in [0.25, 0.3) is 0 Å². The number of amides is 1. The number of esters is 1. The Balaban J connectivity index is 1.91. The Morgan fingerprint density at radius 1 is 1.00 bits per heavy atom. The third kappa shape index (κ3) is 5.00. The molecule has 3 rings (SSSR count). The molecule has 6 heteroatoms. The number of hydrogen-bond donors (Lipinski definition) is 1. The second kappa shape index (κ2) is 8.88. The van der Waals surface area contributed by atoms with E-state index in [4.69, 9.17) is 16.3 Å². The molecule has 29 heavy (non-hydrogen) atoms. The lowest BCUT2D eigenvalue weighted by Crippen LogP contribution is -2.26.